The van der Waals surface area contributed by atoms with E-state index >= 15 is 0 Å². The van der Waals surface area contributed by atoms with E-state index in [9.17, 15) is 4.79 Å². The first-order valence-electron chi connectivity index (χ1n) is 11.6. The molecule has 2 N–H and O–H groups in total. The molecular weight excluding hydrogens is 497 g/mol. The summed E-state index contributed by atoms with van der Waals surface area (Å²) in [5, 5.41) is 1.36. The predicted molar refractivity (Wildman–Crippen MR) is 144 cm³/mol. The highest BCUT2D eigenvalue weighted by molar-refractivity contribution is 7.16. The van der Waals surface area contributed by atoms with Crippen molar-refractivity contribution in [1.29, 1.82) is 0 Å². The molecule has 0 radical (unpaired) electrons. The van der Waals surface area contributed by atoms with Crippen LogP contribution in [0.5, 0.6) is 5.75 Å². The first-order chi connectivity index (χ1) is 17.0. The van der Waals surface area contributed by atoms with Gasteiger partial charge in [0.1, 0.15) is 28.1 Å². The molecular formula is C26H27BClN3O4S. The van der Waals surface area contributed by atoms with Gasteiger partial charge in [0.05, 0.1) is 22.2 Å². The molecule has 7 nitrogen and oxygen atoms in total. The number of amides is 1. The van der Waals surface area contributed by atoms with Crippen molar-refractivity contribution >= 4 is 52.5 Å². The largest absolute Gasteiger partial charge is 0.494 e. The number of nitrogens with zero attached hydrogens (tertiary/aromatic N) is 2. The van der Waals surface area contributed by atoms with Crippen LogP contribution in [0.4, 0.5) is 0 Å². The zero-order chi connectivity index (χ0) is 25.8. The number of rotatable bonds is 6. The van der Waals surface area contributed by atoms with Gasteiger partial charge in [-0.2, -0.15) is 0 Å². The van der Waals surface area contributed by atoms with E-state index in [0.717, 1.165) is 27.1 Å². The van der Waals surface area contributed by atoms with Crippen molar-refractivity contribution in [1.82, 2.24) is 9.55 Å². The first kappa shape index (κ1) is 24.8. The lowest BCUT2D eigenvalue weighted by Crippen LogP contribution is -2.41. The van der Waals surface area contributed by atoms with Gasteiger partial charge in [0.15, 0.2) is 0 Å². The number of thiophene rings is 1. The van der Waals surface area contributed by atoms with Crippen LogP contribution in [-0.4, -0.2) is 33.8 Å². The second-order valence-electron chi connectivity index (χ2n) is 9.87. The Hall–Kier alpha value is -2.85. The number of ether oxygens (including phenoxy) is 1. The lowest BCUT2D eigenvalue weighted by atomic mass is 9.79. The van der Waals surface area contributed by atoms with Crippen LogP contribution in [0.1, 0.15) is 56.0 Å². The molecule has 2 aromatic carbocycles. The molecule has 0 bridgehead atoms. The Labute approximate surface area is 219 Å². The molecule has 1 saturated heterocycles. The predicted octanol–water partition coefficient (Wildman–Crippen LogP) is 5.28. The molecule has 3 heterocycles. The average molecular weight is 524 g/mol. The van der Waals surface area contributed by atoms with Gasteiger partial charge in [0.2, 0.25) is 0 Å². The van der Waals surface area contributed by atoms with Crippen LogP contribution in [0.3, 0.4) is 0 Å². The second kappa shape index (κ2) is 8.92. The Bertz CT molecular complexity index is 1450. The minimum atomic E-state index is -0.555. The van der Waals surface area contributed by atoms with Gasteiger partial charge in [-0.1, -0.05) is 35.9 Å². The summed E-state index contributed by atoms with van der Waals surface area (Å²) in [6.07, 6.45) is 1.34. The highest BCUT2D eigenvalue weighted by Gasteiger charge is 2.51. The van der Waals surface area contributed by atoms with Gasteiger partial charge in [0, 0.05) is 16.7 Å². The number of carbonyl (C=O) groups excluding carboxylic acids is 1. The maximum Gasteiger partial charge on any atom is 0.494 e. The molecule has 5 rings (SSSR count). The van der Waals surface area contributed by atoms with E-state index in [1.54, 1.807) is 18.5 Å². The molecule has 1 aliphatic rings. The number of benzene rings is 2. The minimum absolute atomic E-state index is 0.333. The molecule has 1 atom stereocenters. The summed E-state index contributed by atoms with van der Waals surface area (Å²) in [6.45, 7) is 9.99. The summed E-state index contributed by atoms with van der Waals surface area (Å²) in [6, 6.07) is 15.2. The quantitative estimate of drug-likeness (QED) is 0.347. The maximum atomic E-state index is 12.2. The fourth-order valence-corrected chi connectivity index (χ4v) is 5.35. The number of hydrogen-bond acceptors (Lipinski definition) is 6. The number of primary amides is 1. The number of imidazole rings is 1. The Balaban J connectivity index is 1.46. The van der Waals surface area contributed by atoms with Gasteiger partial charge in [0.25, 0.3) is 5.91 Å². The third kappa shape index (κ3) is 4.30. The van der Waals surface area contributed by atoms with E-state index in [1.165, 1.54) is 11.3 Å². The molecule has 36 heavy (non-hydrogen) atoms. The number of nitrogens with two attached hydrogens (primary N) is 1. The Morgan fingerprint density at radius 1 is 1.14 bits per heavy atom. The fraction of sp³-hybridized carbons (Fsp3) is 0.308. The third-order valence-corrected chi connectivity index (χ3v) is 8.36. The molecule has 1 amide bonds. The van der Waals surface area contributed by atoms with Crippen LogP contribution in [0, 0.1) is 0 Å². The monoisotopic (exact) mass is 523 g/mol. The first-order valence-corrected chi connectivity index (χ1v) is 12.8. The smallest absolute Gasteiger partial charge is 0.484 e. The lowest BCUT2D eigenvalue weighted by molar-refractivity contribution is 0.00578. The molecule has 2 aromatic heterocycles. The number of hydrogen-bond donors (Lipinski definition) is 1. The molecule has 4 aromatic rings. The van der Waals surface area contributed by atoms with Crippen LogP contribution in [0.2, 0.25) is 5.02 Å². The molecule has 1 aliphatic heterocycles. The van der Waals surface area contributed by atoms with E-state index in [1.807, 2.05) is 75.6 Å². The maximum absolute atomic E-state index is 12.2. The molecule has 0 unspecified atom stereocenters. The average Bonchev–Trinajstić information content (AvgIpc) is 3.47. The molecule has 1 fully saturated rings. The minimum Gasteiger partial charge on any atom is -0.484 e. The van der Waals surface area contributed by atoms with Crippen LogP contribution in [-0.2, 0) is 9.31 Å². The van der Waals surface area contributed by atoms with E-state index in [2.05, 4.69) is 4.98 Å². The molecule has 0 spiro atoms. The normalized spacial score (nSPS) is 17.4. The number of fused-ring (bicyclic) bond motifs is 1. The standard InChI is InChI=1S/C26H27BClN3O4S/c1-15(17-8-6-7-9-18(17)28)33-21-13-22(36-23(21)24(29)32)31-14-30-19-12-16(10-11-20(19)31)27-34-25(2,3)26(4,5)35-27/h6-15H,1-5H3,(H2,29,32)/t15-/m1/s1. The van der Waals surface area contributed by atoms with Gasteiger partial charge in [-0.15, -0.1) is 11.3 Å². The third-order valence-electron chi connectivity index (χ3n) is 6.89. The van der Waals surface area contributed by atoms with Crippen LogP contribution < -0.4 is 15.9 Å². The molecule has 0 aliphatic carbocycles. The van der Waals surface area contributed by atoms with Gasteiger partial charge < -0.3 is 19.8 Å². The van der Waals surface area contributed by atoms with Gasteiger partial charge in [-0.25, -0.2) is 4.98 Å². The highest BCUT2D eigenvalue weighted by atomic mass is 35.5. The van der Waals surface area contributed by atoms with Crippen molar-refractivity contribution in [2.45, 2.75) is 51.9 Å². The summed E-state index contributed by atoms with van der Waals surface area (Å²) in [5.41, 5.74) is 8.21. The molecule has 0 saturated carbocycles. The van der Waals surface area contributed by atoms with Crippen LogP contribution in [0.25, 0.3) is 16.0 Å². The van der Waals surface area contributed by atoms with E-state index < -0.39 is 24.2 Å². The summed E-state index contributed by atoms with van der Waals surface area (Å²) >= 11 is 7.58. The van der Waals surface area contributed by atoms with E-state index in [0.29, 0.717) is 15.6 Å². The molecule has 10 heteroatoms. The van der Waals surface area contributed by atoms with Crippen LogP contribution in [0.15, 0.2) is 54.9 Å². The van der Waals surface area contributed by atoms with Crippen molar-refractivity contribution in [3.63, 3.8) is 0 Å². The number of aromatic nitrogens is 2. The summed E-state index contributed by atoms with van der Waals surface area (Å²) in [5.74, 6) is -0.148. The number of halogens is 1. The fourth-order valence-electron chi connectivity index (χ4n) is 4.13. The summed E-state index contributed by atoms with van der Waals surface area (Å²) in [7, 11) is -0.473. The summed E-state index contributed by atoms with van der Waals surface area (Å²) < 4.78 is 20.4. The number of carbonyl (C=O) groups is 1. The SMILES string of the molecule is C[C@@H](Oc1cc(-n2cnc3cc(B4OC(C)(C)C(C)(C)O4)ccc32)sc1C(N)=O)c1ccccc1Cl. The Kier molecular flexibility index (Phi) is 6.15. The zero-order valence-corrected chi connectivity index (χ0v) is 22.3. The van der Waals surface area contributed by atoms with Crippen molar-refractivity contribution < 1.29 is 18.8 Å². The van der Waals surface area contributed by atoms with Crippen molar-refractivity contribution in [3.8, 4) is 10.8 Å². The van der Waals surface area contributed by atoms with Gasteiger partial charge in [-0.05, 0) is 58.3 Å². The summed E-state index contributed by atoms with van der Waals surface area (Å²) in [4.78, 5) is 17.1. The second-order valence-corrected chi connectivity index (χ2v) is 11.3. The molecule has 186 valence electrons. The zero-order valence-electron chi connectivity index (χ0n) is 20.7. The topological polar surface area (TPSA) is 88.6 Å². The van der Waals surface area contributed by atoms with Crippen molar-refractivity contribution in [2.75, 3.05) is 0 Å². The van der Waals surface area contributed by atoms with Crippen molar-refractivity contribution in [2.24, 2.45) is 5.73 Å². The van der Waals surface area contributed by atoms with Crippen LogP contribution >= 0.6 is 22.9 Å². The lowest BCUT2D eigenvalue weighted by Gasteiger charge is -2.32. The Morgan fingerprint density at radius 3 is 2.50 bits per heavy atom. The van der Waals surface area contributed by atoms with Gasteiger partial charge >= 0.3 is 7.12 Å². The van der Waals surface area contributed by atoms with Crippen molar-refractivity contribution in [3.05, 3.63) is 70.3 Å². The van der Waals surface area contributed by atoms with E-state index in [4.69, 9.17) is 31.4 Å². The van der Waals surface area contributed by atoms with Gasteiger partial charge in [-0.3, -0.25) is 9.36 Å². The van der Waals surface area contributed by atoms with E-state index in [-0.39, 0.29) is 6.10 Å². The highest BCUT2D eigenvalue weighted by Crippen LogP contribution is 2.38. The Morgan fingerprint density at radius 2 is 1.83 bits per heavy atom.